The zero-order valence-electron chi connectivity index (χ0n) is 18.4. The monoisotopic (exact) mass is 474 g/mol. The largest absolute Gasteiger partial charge is 0.480 e. The van der Waals surface area contributed by atoms with Gasteiger partial charge in [0, 0.05) is 17.5 Å². The van der Waals surface area contributed by atoms with Gasteiger partial charge in [0.15, 0.2) is 0 Å². The molecule has 2 amide bonds. The summed E-state index contributed by atoms with van der Waals surface area (Å²) in [5, 5.41) is 14.1. The second-order valence-corrected chi connectivity index (χ2v) is 9.34. The third-order valence-corrected chi connectivity index (χ3v) is 7.24. The number of anilines is 1. The molecule has 0 radical (unpaired) electrons. The first kappa shape index (κ1) is 22.3. The van der Waals surface area contributed by atoms with E-state index in [1.54, 1.807) is 36.4 Å². The first-order valence-electron chi connectivity index (χ1n) is 11.1. The van der Waals surface area contributed by atoms with Crippen molar-refractivity contribution in [1.29, 1.82) is 0 Å². The van der Waals surface area contributed by atoms with Crippen LogP contribution in [0.25, 0.3) is 0 Å². The summed E-state index contributed by atoms with van der Waals surface area (Å²) < 4.78 is 0. The summed E-state index contributed by atoms with van der Waals surface area (Å²) in [6, 6.07) is 22.5. The van der Waals surface area contributed by atoms with E-state index in [2.05, 4.69) is 5.32 Å². The average molecular weight is 475 g/mol. The summed E-state index contributed by atoms with van der Waals surface area (Å²) in [4.78, 5) is 41.6. The lowest BCUT2D eigenvalue weighted by atomic mass is 9.76. The van der Waals surface area contributed by atoms with Crippen molar-refractivity contribution < 1.29 is 19.5 Å². The topological polar surface area (TPSA) is 86.7 Å². The SMILES string of the molecule is Cc1ccc(N2C(=O)[C@@H]3[C@H](c4ccccc4Cl)N[C@@](Cc4ccccc4)(C(=O)O)[C@H]3C2=O)cc1. The number of carboxylic acid groups (broad SMARTS) is 1. The minimum atomic E-state index is -1.68. The van der Waals surface area contributed by atoms with Crippen LogP contribution < -0.4 is 10.2 Å². The molecule has 4 atom stereocenters. The van der Waals surface area contributed by atoms with Crippen LogP contribution in [0.2, 0.25) is 5.02 Å². The van der Waals surface area contributed by atoms with Gasteiger partial charge in [0.1, 0.15) is 5.54 Å². The fourth-order valence-electron chi connectivity index (χ4n) is 5.30. The van der Waals surface area contributed by atoms with Crippen molar-refractivity contribution in [1.82, 2.24) is 5.32 Å². The van der Waals surface area contributed by atoms with Crippen LogP contribution in [0.15, 0.2) is 78.9 Å². The Morgan fingerprint density at radius 1 is 0.971 bits per heavy atom. The molecule has 2 aliphatic heterocycles. The molecular weight excluding hydrogens is 452 g/mol. The van der Waals surface area contributed by atoms with Crippen molar-refractivity contribution >= 4 is 35.1 Å². The van der Waals surface area contributed by atoms with Gasteiger partial charge in [-0.05, 0) is 36.2 Å². The van der Waals surface area contributed by atoms with E-state index < -0.39 is 41.2 Å². The van der Waals surface area contributed by atoms with Crippen molar-refractivity contribution in [2.24, 2.45) is 11.8 Å². The Kier molecular flexibility index (Phi) is 5.50. The minimum absolute atomic E-state index is 0.0477. The lowest BCUT2D eigenvalue weighted by Gasteiger charge is -2.31. The fourth-order valence-corrected chi connectivity index (χ4v) is 5.55. The highest BCUT2D eigenvalue weighted by Gasteiger charge is 2.68. The number of aliphatic carboxylic acids is 1. The van der Waals surface area contributed by atoms with Crippen LogP contribution in [0, 0.1) is 18.8 Å². The summed E-state index contributed by atoms with van der Waals surface area (Å²) in [5.41, 5.74) is 1.10. The Morgan fingerprint density at radius 2 is 1.62 bits per heavy atom. The fraction of sp³-hybridized carbons (Fsp3) is 0.222. The summed E-state index contributed by atoms with van der Waals surface area (Å²) in [7, 11) is 0. The molecule has 0 aliphatic carbocycles. The number of benzene rings is 3. The highest BCUT2D eigenvalue weighted by atomic mass is 35.5. The van der Waals surface area contributed by atoms with E-state index in [1.807, 2.05) is 49.4 Å². The van der Waals surface area contributed by atoms with Gasteiger partial charge < -0.3 is 5.11 Å². The zero-order chi connectivity index (χ0) is 24.0. The molecule has 2 N–H and O–H groups in total. The number of carboxylic acids is 1. The lowest BCUT2D eigenvalue weighted by molar-refractivity contribution is -0.148. The maximum absolute atomic E-state index is 13.8. The van der Waals surface area contributed by atoms with E-state index in [0.29, 0.717) is 16.3 Å². The zero-order valence-corrected chi connectivity index (χ0v) is 19.2. The number of imide groups is 1. The van der Waals surface area contributed by atoms with Gasteiger partial charge in [0.05, 0.1) is 17.5 Å². The van der Waals surface area contributed by atoms with Gasteiger partial charge in [0.25, 0.3) is 0 Å². The average Bonchev–Trinajstić information content (AvgIpc) is 3.30. The molecule has 5 rings (SSSR count). The third kappa shape index (κ3) is 3.42. The molecule has 2 aliphatic rings. The number of halogens is 1. The number of nitrogens with one attached hydrogen (secondary N) is 1. The van der Waals surface area contributed by atoms with Gasteiger partial charge in [-0.25, -0.2) is 4.90 Å². The van der Waals surface area contributed by atoms with Crippen LogP contribution in [-0.2, 0) is 20.8 Å². The molecule has 3 aromatic carbocycles. The Morgan fingerprint density at radius 3 is 2.26 bits per heavy atom. The maximum atomic E-state index is 13.8. The number of nitrogens with zero attached hydrogens (tertiary/aromatic N) is 1. The van der Waals surface area contributed by atoms with E-state index in [-0.39, 0.29) is 6.42 Å². The molecule has 0 bridgehead atoms. The van der Waals surface area contributed by atoms with Crippen molar-refractivity contribution in [2.45, 2.75) is 24.9 Å². The van der Waals surface area contributed by atoms with Gasteiger partial charge in [0.2, 0.25) is 11.8 Å². The smallest absolute Gasteiger partial charge is 0.325 e. The minimum Gasteiger partial charge on any atom is -0.480 e. The molecule has 0 spiro atoms. The standard InChI is InChI=1S/C27H23ClN2O4/c1-16-11-13-18(14-12-16)30-24(31)21-22(25(30)32)27(26(33)34,15-17-7-3-2-4-8-17)29-23(21)19-9-5-6-10-20(19)28/h2-14,21-23,29H,15H2,1H3,(H,33,34)/t21-,22+,23-,27+/m0/s1. The quantitative estimate of drug-likeness (QED) is 0.542. The van der Waals surface area contributed by atoms with E-state index in [0.717, 1.165) is 16.0 Å². The molecule has 2 saturated heterocycles. The van der Waals surface area contributed by atoms with Crippen molar-refractivity contribution in [3.63, 3.8) is 0 Å². The van der Waals surface area contributed by atoms with Gasteiger partial charge in [-0.3, -0.25) is 19.7 Å². The second kappa shape index (κ2) is 8.38. The van der Waals surface area contributed by atoms with Crippen LogP contribution in [0.4, 0.5) is 5.69 Å². The van der Waals surface area contributed by atoms with Crippen molar-refractivity contribution in [3.05, 3.63) is 101 Å². The first-order valence-corrected chi connectivity index (χ1v) is 11.5. The van der Waals surface area contributed by atoms with Crippen LogP contribution >= 0.6 is 11.6 Å². The van der Waals surface area contributed by atoms with Crippen LogP contribution in [0.1, 0.15) is 22.7 Å². The Bertz CT molecular complexity index is 1280. The van der Waals surface area contributed by atoms with Gasteiger partial charge in [-0.2, -0.15) is 0 Å². The molecule has 3 aromatic rings. The normalized spacial score (nSPS) is 26.1. The number of hydrogen-bond donors (Lipinski definition) is 2. The number of amides is 2. The Labute approximate surface area is 202 Å². The molecule has 0 unspecified atom stereocenters. The van der Waals surface area contributed by atoms with Gasteiger partial charge in [-0.1, -0.05) is 77.8 Å². The number of carbonyl (C=O) groups excluding carboxylic acids is 2. The van der Waals surface area contributed by atoms with E-state index in [4.69, 9.17) is 11.6 Å². The molecule has 34 heavy (non-hydrogen) atoms. The number of rotatable bonds is 5. The van der Waals surface area contributed by atoms with Crippen LogP contribution in [-0.4, -0.2) is 28.4 Å². The summed E-state index contributed by atoms with van der Waals surface area (Å²) in [5.74, 6) is -4.12. The van der Waals surface area contributed by atoms with E-state index in [1.165, 1.54) is 0 Å². The predicted octanol–water partition coefficient (Wildman–Crippen LogP) is 4.16. The van der Waals surface area contributed by atoms with Crippen LogP contribution in [0.5, 0.6) is 0 Å². The van der Waals surface area contributed by atoms with E-state index >= 15 is 0 Å². The Hall–Kier alpha value is -3.48. The molecule has 2 heterocycles. The Balaban J connectivity index is 1.67. The van der Waals surface area contributed by atoms with Crippen molar-refractivity contribution in [3.8, 4) is 0 Å². The van der Waals surface area contributed by atoms with Crippen LogP contribution in [0.3, 0.4) is 0 Å². The molecule has 0 saturated carbocycles. The molecule has 0 aromatic heterocycles. The molecule has 6 nitrogen and oxygen atoms in total. The lowest BCUT2D eigenvalue weighted by Crippen LogP contribution is -2.57. The highest BCUT2D eigenvalue weighted by molar-refractivity contribution is 6.31. The van der Waals surface area contributed by atoms with Gasteiger partial charge >= 0.3 is 5.97 Å². The summed E-state index contributed by atoms with van der Waals surface area (Å²) >= 11 is 6.49. The molecule has 172 valence electrons. The first-order chi connectivity index (χ1) is 16.3. The second-order valence-electron chi connectivity index (χ2n) is 8.93. The van der Waals surface area contributed by atoms with E-state index in [9.17, 15) is 19.5 Å². The highest BCUT2D eigenvalue weighted by Crippen LogP contribution is 2.51. The number of fused-ring (bicyclic) bond motifs is 1. The number of aryl methyl sites for hydroxylation is 1. The van der Waals surface area contributed by atoms with Gasteiger partial charge in [-0.15, -0.1) is 0 Å². The molecule has 2 fully saturated rings. The predicted molar refractivity (Wildman–Crippen MR) is 128 cm³/mol. The maximum Gasteiger partial charge on any atom is 0.325 e. The summed E-state index contributed by atoms with van der Waals surface area (Å²) in [6.07, 6.45) is 0.0477. The molecular formula is C27H23ClN2O4. The number of carbonyl (C=O) groups is 3. The van der Waals surface area contributed by atoms with Crippen molar-refractivity contribution in [2.75, 3.05) is 4.90 Å². The number of hydrogen-bond acceptors (Lipinski definition) is 4. The summed E-state index contributed by atoms with van der Waals surface area (Å²) in [6.45, 7) is 1.92. The third-order valence-electron chi connectivity index (χ3n) is 6.89. The molecule has 7 heteroatoms.